The van der Waals surface area contributed by atoms with E-state index in [0.717, 1.165) is 50.4 Å². The Morgan fingerprint density at radius 1 is 1.30 bits per heavy atom. The molecule has 0 saturated carbocycles. The van der Waals surface area contributed by atoms with Crippen LogP contribution in [0, 0.1) is 0 Å². The van der Waals surface area contributed by atoms with Crippen LogP contribution in [-0.2, 0) is 11.2 Å². The monoisotopic (exact) mass is 277 g/mol. The van der Waals surface area contributed by atoms with Crippen molar-refractivity contribution >= 4 is 5.91 Å². The third-order valence-corrected chi connectivity index (χ3v) is 3.49. The van der Waals surface area contributed by atoms with Gasteiger partial charge in [-0.25, -0.2) is 0 Å². The molecule has 20 heavy (non-hydrogen) atoms. The van der Waals surface area contributed by atoms with Crippen LogP contribution in [0.25, 0.3) is 0 Å². The van der Waals surface area contributed by atoms with Gasteiger partial charge in [0, 0.05) is 31.7 Å². The number of carbonyl (C=O) groups is 1. The minimum Gasteiger partial charge on any atom is -0.379 e. The maximum atomic E-state index is 12.2. The summed E-state index contributed by atoms with van der Waals surface area (Å²) in [4.78, 5) is 14.5. The van der Waals surface area contributed by atoms with Crippen LogP contribution in [0.5, 0.6) is 0 Å². The number of hydrogen-bond donors (Lipinski definition) is 2. The van der Waals surface area contributed by atoms with Gasteiger partial charge >= 0.3 is 0 Å². The maximum Gasteiger partial charge on any atom is 0.251 e. The lowest BCUT2D eigenvalue weighted by molar-refractivity contribution is 0.0383. The second kappa shape index (κ2) is 7.99. The van der Waals surface area contributed by atoms with Crippen LogP contribution in [0.4, 0.5) is 0 Å². The topological polar surface area (TPSA) is 67.6 Å². The SMILES string of the molecule is NCCc1ccccc1C(=O)NCCN1CCOCC1. The first-order chi connectivity index (χ1) is 9.81. The van der Waals surface area contributed by atoms with E-state index in [9.17, 15) is 4.79 Å². The Bertz CT molecular complexity index is 431. The Morgan fingerprint density at radius 3 is 2.80 bits per heavy atom. The number of nitrogens with two attached hydrogens (primary N) is 1. The zero-order valence-electron chi connectivity index (χ0n) is 11.8. The Balaban J connectivity index is 1.82. The standard InChI is InChI=1S/C15H23N3O2/c16-6-5-13-3-1-2-4-14(13)15(19)17-7-8-18-9-11-20-12-10-18/h1-4H,5-12,16H2,(H,17,19). The molecule has 3 N–H and O–H groups in total. The van der Waals surface area contributed by atoms with Gasteiger partial charge in [-0.05, 0) is 24.6 Å². The minimum atomic E-state index is -0.0118. The van der Waals surface area contributed by atoms with Gasteiger partial charge in [0.2, 0.25) is 0 Å². The zero-order chi connectivity index (χ0) is 14.2. The van der Waals surface area contributed by atoms with Crippen LogP contribution in [0.2, 0.25) is 0 Å². The van der Waals surface area contributed by atoms with E-state index < -0.39 is 0 Å². The molecule has 1 amide bonds. The lowest BCUT2D eigenvalue weighted by Crippen LogP contribution is -2.41. The maximum absolute atomic E-state index is 12.2. The molecule has 0 spiro atoms. The predicted octanol–water partition coefficient (Wildman–Crippen LogP) is 0.250. The molecule has 1 saturated heterocycles. The van der Waals surface area contributed by atoms with Gasteiger partial charge in [0.1, 0.15) is 0 Å². The van der Waals surface area contributed by atoms with Gasteiger partial charge in [-0.3, -0.25) is 9.69 Å². The Morgan fingerprint density at radius 2 is 2.05 bits per heavy atom. The lowest BCUT2D eigenvalue weighted by Gasteiger charge is -2.26. The number of nitrogens with one attached hydrogen (secondary N) is 1. The van der Waals surface area contributed by atoms with Crippen molar-refractivity contribution in [2.45, 2.75) is 6.42 Å². The fourth-order valence-corrected chi connectivity index (χ4v) is 2.36. The van der Waals surface area contributed by atoms with E-state index in [1.807, 2.05) is 24.3 Å². The number of morpholine rings is 1. The summed E-state index contributed by atoms with van der Waals surface area (Å²) >= 11 is 0. The predicted molar refractivity (Wildman–Crippen MR) is 78.8 cm³/mol. The van der Waals surface area contributed by atoms with Crippen LogP contribution in [0.15, 0.2) is 24.3 Å². The van der Waals surface area contributed by atoms with Crippen molar-refractivity contribution in [1.29, 1.82) is 0 Å². The van der Waals surface area contributed by atoms with E-state index in [-0.39, 0.29) is 5.91 Å². The summed E-state index contributed by atoms with van der Waals surface area (Å²) in [7, 11) is 0. The highest BCUT2D eigenvalue weighted by Gasteiger charge is 2.12. The molecular weight excluding hydrogens is 254 g/mol. The number of ether oxygens (including phenoxy) is 1. The quantitative estimate of drug-likeness (QED) is 0.782. The van der Waals surface area contributed by atoms with E-state index in [1.165, 1.54) is 0 Å². The smallest absolute Gasteiger partial charge is 0.251 e. The molecular formula is C15H23N3O2. The number of benzene rings is 1. The van der Waals surface area contributed by atoms with Crippen molar-refractivity contribution < 1.29 is 9.53 Å². The highest BCUT2D eigenvalue weighted by atomic mass is 16.5. The molecule has 110 valence electrons. The fraction of sp³-hybridized carbons (Fsp3) is 0.533. The van der Waals surface area contributed by atoms with Gasteiger partial charge in [-0.15, -0.1) is 0 Å². The summed E-state index contributed by atoms with van der Waals surface area (Å²) in [6.45, 7) is 5.54. The molecule has 0 radical (unpaired) electrons. The molecule has 1 aliphatic rings. The van der Waals surface area contributed by atoms with E-state index in [1.54, 1.807) is 0 Å². The molecule has 2 rings (SSSR count). The van der Waals surface area contributed by atoms with Crippen molar-refractivity contribution in [3.05, 3.63) is 35.4 Å². The second-order valence-electron chi connectivity index (χ2n) is 4.91. The number of amides is 1. The van der Waals surface area contributed by atoms with E-state index >= 15 is 0 Å². The Hall–Kier alpha value is -1.43. The third-order valence-electron chi connectivity index (χ3n) is 3.49. The lowest BCUT2D eigenvalue weighted by atomic mass is 10.0. The molecule has 0 atom stereocenters. The van der Waals surface area contributed by atoms with Gasteiger partial charge < -0.3 is 15.8 Å². The van der Waals surface area contributed by atoms with Crippen LogP contribution in [0.1, 0.15) is 15.9 Å². The summed E-state index contributed by atoms with van der Waals surface area (Å²) in [5, 5.41) is 2.98. The van der Waals surface area contributed by atoms with Crippen LogP contribution >= 0.6 is 0 Å². The van der Waals surface area contributed by atoms with Gasteiger partial charge in [-0.1, -0.05) is 18.2 Å². The van der Waals surface area contributed by atoms with Gasteiger partial charge in [-0.2, -0.15) is 0 Å². The molecule has 0 aliphatic carbocycles. The molecule has 0 aromatic heterocycles. The van der Waals surface area contributed by atoms with E-state index in [0.29, 0.717) is 13.1 Å². The number of nitrogens with zero attached hydrogens (tertiary/aromatic N) is 1. The van der Waals surface area contributed by atoms with Crippen molar-refractivity contribution in [3.63, 3.8) is 0 Å². The number of hydrogen-bond acceptors (Lipinski definition) is 4. The van der Waals surface area contributed by atoms with Crippen LogP contribution < -0.4 is 11.1 Å². The summed E-state index contributed by atoms with van der Waals surface area (Å²) in [5.74, 6) is -0.0118. The first-order valence-corrected chi connectivity index (χ1v) is 7.17. The summed E-state index contributed by atoms with van der Waals surface area (Å²) < 4.78 is 5.30. The highest BCUT2D eigenvalue weighted by Crippen LogP contribution is 2.08. The fourth-order valence-electron chi connectivity index (χ4n) is 2.36. The molecule has 0 unspecified atom stereocenters. The molecule has 1 aromatic rings. The first-order valence-electron chi connectivity index (χ1n) is 7.17. The van der Waals surface area contributed by atoms with Crippen molar-refractivity contribution in [2.75, 3.05) is 45.9 Å². The third kappa shape index (κ3) is 4.30. The number of carbonyl (C=O) groups excluding carboxylic acids is 1. The zero-order valence-corrected chi connectivity index (χ0v) is 11.8. The summed E-state index contributed by atoms with van der Waals surface area (Å²) in [5.41, 5.74) is 7.33. The average Bonchev–Trinajstić information content (AvgIpc) is 2.49. The van der Waals surface area contributed by atoms with Crippen LogP contribution in [-0.4, -0.2) is 56.7 Å². The number of rotatable bonds is 6. The van der Waals surface area contributed by atoms with Crippen molar-refractivity contribution in [3.8, 4) is 0 Å². The van der Waals surface area contributed by atoms with Gasteiger partial charge in [0.25, 0.3) is 5.91 Å². The molecule has 1 fully saturated rings. The molecule has 1 heterocycles. The Kier molecular flexibility index (Phi) is 5.98. The average molecular weight is 277 g/mol. The Labute approximate surface area is 120 Å². The molecule has 0 bridgehead atoms. The van der Waals surface area contributed by atoms with Crippen LogP contribution in [0.3, 0.4) is 0 Å². The first kappa shape index (κ1) is 15.0. The summed E-state index contributed by atoms with van der Waals surface area (Å²) in [6, 6.07) is 7.64. The van der Waals surface area contributed by atoms with Gasteiger partial charge in [0.05, 0.1) is 13.2 Å². The van der Waals surface area contributed by atoms with Crippen molar-refractivity contribution in [2.24, 2.45) is 5.73 Å². The second-order valence-corrected chi connectivity index (χ2v) is 4.91. The largest absolute Gasteiger partial charge is 0.379 e. The van der Waals surface area contributed by atoms with E-state index in [2.05, 4.69) is 10.2 Å². The van der Waals surface area contributed by atoms with Gasteiger partial charge in [0.15, 0.2) is 0 Å². The molecule has 1 aliphatic heterocycles. The van der Waals surface area contributed by atoms with E-state index in [4.69, 9.17) is 10.5 Å². The highest BCUT2D eigenvalue weighted by molar-refractivity contribution is 5.95. The summed E-state index contributed by atoms with van der Waals surface area (Å²) in [6.07, 6.45) is 0.729. The molecule has 1 aromatic carbocycles. The minimum absolute atomic E-state index is 0.0118. The van der Waals surface area contributed by atoms with Crippen molar-refractivity contribution in [1.82, 2.24) is 10.2 Å². The molecule has 5 nitrogen and oxygen atoms in total. The normalized spacial score (nSPS) is 16.1. The molecule has 5 heteroatoms.